The van der Waals surface area contributed by atoms with Crippen LogP contribution in [0.5, 0.6) is 0 Å². The minimum absolute atomic E-state index is 0.219. The predicted octanol–water partition coefficient (Wildman–Crippen LogP) is 1.46. The topological polar surface area (TPSA) is 97.2 Å². The van der Waals surface area contributed by atoms with Crippen LogP contribution in [0.25, 0.3) is 10.9 Å². The minimum atomic E-state index is -3.54. The van der Waals surface area contributed by atoms with Crippen LogP contribution in [0.2, 0.25) is 0 Å². The third-order valence-electron chi connectivity index (χ3n) is 2.92. The van der Waals surface area contributed by atoms with E-state index in [2.05, 4.69) is 9.71 Å². The molecule has 2 aromatic rings. The van der Waals surface area contributed by atoms with Crippen LogP contribution in [-0.2, 0) is 14.8 Å². The predicted molar refractivity (Wildman–Crippen MR) is 79.0 cm³/mol. The number of nitrogens with one attached hydrogen (secondary N) is 2. The number of benzene rings is 1. The molecule has 110 valence electrons. The van der Waals surface area contributed by atoms with Gasteiger partial charge in [0.05, 0.1) is 0 Å². The number of fused-ring (bicyclic) bond motifs is 1. The monoisotopic (exact) mass is 297 g/mol. The third-order valence-corrected chi connectivity index (χ3v) is 4.42. The van der Waals surface area contributed by atoms with Crippen molar-refractivity contribution in [2.75, 3.05) is 25.5 Å². The second-order valence-electron chi connectivity index (χ2n) is 4.41. The zero-order valence-corrected chi connectivity index (χ0v) is 12.2. The van der Waals surface area contributed by atoms with Gasteiger partial charge in [-0.25, -0.2) is 13.1 Å². The van der Waals surface area contributed by atoms with E-state index in [1.54, 1.807) is 18.2 Å². The molecule has 0 amide bonds. The van der Waals surface area contributed by atoms with E-state index in [1.165, 1.54) is 6.20 Å². The molecule has 2 rings (SSSR count). The molecule has 0 aliphatic rings. The largest absolute Gasteiger partial charge is 0.399 e. The van der Waals surface area contributed by atoms with Crippen LogP contribution < -0.4 is 10.5 Å². The third kappa shape index (κ3) is 3.30. The molecule has 1 aromatic carbocycles. The molecular formula is C13H19N3O3S. The maximum atomic E-state index is 12.2. The van der Waals surface area contributed by atoms with Crippen molar-refractivity contribution in [1.29, 1.82) is 0 Å². The number of nitrogens with two attached hydrogens (primary N) is 1. The Balaban J connectivity index is 2.13. The highest BCUT2D eigenvalue weighted by Crippen LogP contribution is 2.24. The second-order valence-corrected chi connectivity index (χ2v) is 6.14. The fourth-order valence-corrected chi connectivity index (χ4v) is 3.18. The molecule has 0 aliphatic carbocycles. The fraction of sp³-hybridized carbons (Fsp3) is 0.385. The molecule has 20 heavy (non-hydrogen) atoms. The average molecular weight is 297 g/mol. The highest BCUT2D eigenvalue weighted by Gasteiger charge is 2.18. The zero-order chi connectivity index (χ0) is 14.6. The maximum Gasteiger partial charge on any atom is 0.242 e. The zero-order valence-electron chi connectivity index (χ0n) is 11.3. The molecule has 7 heteroatoms. The molecule has 0 radical (unpaired) electrons. The summed E-state index contributed by atoms with van der Waals surface area (Å²) in [6.45, 7) is 3.42. The number of ether oxygens (including phenoxy) is 1. The van der Waals surface area contributed by atoms with Gasteiger partial charge in [0.1, 0.15) is 4.90 Å². The normalized spacial score (nSPS) is 12.1. The number of hydrogen-bond donors (Lipinski definition) is 3. The van der Waals surface area contributed by atoms with Gasteiger partial charge in [-0.3, -0.25) is 0 Å². The van der Waals surface area contributed by atoms with Gasteiger partial charge < -0.3 is 15.5 Å². The summed E-state index contributed by atoms with van der Waals surface area (Å²) in [5.41, 5.74) is 6.98. The number of aromatic nitrogens is 1. The smallest absolute Gasteiger partial charge is 0.242 e. The Bertz CT molecular complexity index is 679. The van der Waals surface area contributed by atoms with E-state index in [4.69, 9.17) is 10.5 Å². The first-order valence-corrected chi connectivity index (χ1v) is 7.97. The standard InChI is InChI=1S/C13H19N3O3S/c1-2-19-7-3-6-16-20(17,18)13-9-15-12-5-4-10(14)8-11(12)13/h4-5,8-9,15-16H,2-3,6-7,14H2,1H3. The summed E-state index contributed by atoms with van der Waals surface area (Å²) in [5, 5.41) is 0.599. The Kier molecular flexibility index (Phi) is 4.64. The molecule has 0 unspecified atom stereocenters. The quantitative estimate of drug-likeness (QED) is 0.532. The van der Waals surface area contributed by atoms with E-state index in [9.17, 15) is 8.42 Å². The SMILES string of the molecule is CCOCCCNS(=O)(=O)c1c[nH]c2ccc(N)cc12. The molecule has 0 bridgehead atoms. The summed E-state index contributed by atoms with van der Waals surface area (Å²) in [4.78, 5) is 3.15. The van der Waals surface area contributed by atoms with Crippen molar-refractivity contribution in [1.82, 2.24) is 9.71 Å². The second kappa shape index (κ2) is 6.25. The molecule has 0 saturated heterocycles. The van der Waals surface area contributed by atoms with E-state index < -0.39 is 10.0 Å². The summed E-state index contributed by atoms with van der Waals surface area (Å²) >= 11 is 0. The fourth-order valence-electron chi connectivity index (χ4n) is 1.94. The summed E-state index contributed by atoms with van der Waals surface area (Å²) in [5.74, 6) is 0. The van der Waals surface area contributed by atoms with Crippen molar-refractivity contribution in [3.05, 3.63) is 24.4 Å². The first-order valence-electron chi connectivity index (χ1n) is 6.48. The van der Waals surface area contributed by atoms with Gasteiger partial charge in [-0.2, -0.15) is 0 Å². The number of rotatable bonds is 7. The Morgan fingerprint density at radius 2 is 2.20 bits per heavy atom. The molecule has 0 saturated carbocycles. The van der Waals surface area contributed by atoms with Crippen LogP contribution in [0, 0.1) is 0 Å². The summed E-state index contributed by atoms with van der Waals surface area (Å²) in [7, 11) is -3.54. The molecule has 0 atom stereocenters. The molecular weight excluding hydrogens is 278 g/mol. The highest BCUT2D eigenvalue weighted by atomic mass is 32.2. The number of aromatic amines is 1. The van der Waals surface area contributed by atoms with Crippen LogP contribution >= 0.6 is 0 Å². The van der Waals surface area contributed by atoms with E-state index >= 15 is 0 Å². The van der Waals surface area contributed by atoms with Crippen molar-refractivity contribution in [2.45, 2.75) is 18.2 Å². The van der Waals surface area contributed by atoms with E-state index in [-0.39, 0.29) is 4.90 Å². The van der Waals surface area contributed by atoms with Crippen LogP contribution in [-0.4, -0.2) is 33.2 Å². The number of sulfonamides is 1. The van der Waals surface area contributed by atoms with Gasteiger partial charge in [-0.15, -0.1) is 0 Å². The Hall–Kier alpha value is -1.57. The van der Waals surface area contributed by atoms with Gasteiger partial charge in [-0.05, 0) is 31.5 Å². The highest BCUT2D eigenvalue weighted by molar-refractivity contribution is 7.89. The van der Waals surface area contributed by atoms with Gasteiger partial charge in [-0.1, -0.05) is 0 Å². The van der Waals surface area contributed by atoms with Gasteiger partial charge in [0.25, 0.3) is 0 Å². The lowest BCUT2D eigenvalue weighted by Gasteiger charge is -2.06. The van der Waals surface area contributed by atoms with Crippen molar-refractivity contribution in [3.63, 3.8) is 0 Å². The number of hydrogen-bond acceptors (Lipinski definition) is 4. The molecule has 0 aliphatic heterocycles. The number of anilines is 1. The Morgan fingerprint density at radius 1 is 1.40 bits per heavy atom. The van der Waals surface area contributed by atoms with Crippen molar-refractivity contribution in [2.24, 2.45) is 0 Å². The lowest BCUT2D eigenvalue weighted by molar-refractivity contribution is 0.146. The van der Waals surface area contributed by atoms with Crippen LogP contribution in [0.4, 0.5) is 5.69 Å². The van der Waals surface area contributed by atoms with Crippen LogP contribution in [0.1, 0.15) is 13.3 Å². The van der Waals surface area contributed by atoms with E-state index in [0.717, 1.165) is 5.52 Å². The molecule has 4 N–H and O–H groups in total. The van der Waals surface area contributed by atoms with Gasteiger partial charge in [0.15, 0.2) is 0 Å². The molecule has 6 nitrogen and oxygen atoms in total. The van der Waals surface area contributed by atoms with Crippen LogP contribution in [0.3, 0.4) is 0 Å². The van der Waals surface area contributed by atoms with E-state index in [1.807, 2.05) is 6.92 Å². The first kappa shape index (κ1) is 14.8. The lowest BCUT2D eigenvalue weighted by Crippen LogP contribution is -2.25. The summed E-state index contributed by atoms with van der Waals surface area (Å²) in [6.07, 6.45) is 2.12. The summed E-state index contributed by atoms with van der Waals surface area (Å²) < 4.78 is 32.2. The average Bonchev–Trinajstić information content (AvgIpc) is 2.82. The van der Waals surface area contributed by atoms with Gasteiger partial charge in [0, 0.05) is 42.5 Å². The van der Waals surface area contributed by atoms with E-state index in [0.29, 0.717) is 37.3 Å². The van der Waals surface area contributed by atoms with Crippen molar-refractivity contribution >= 4 is 26.6 Å². The van der Waals surface area contributed by atoms with Crippen molar-refractivity contribution < 1.29 is 13.2 Å². The molecule has 0 fully saturated rings. The van der Waals surface area contributed by atoms with Crippen LogP contribution in [0.15, 0.2) is 29.3 Å². The maximum absolute atomic E-state index is 12.2. The minimum Gasteiger partial charge on any atom is -0.399 e. The number of H-pyrrole nitrogens is 1. The molecule has 0 spiro atoms. The molecule has 1 aromatic heterocycles. The van der Waals surface area contributed by atoms with Gasteiger partial charge >= 0.3 is 0 Å². The summed E-state index contributed by atoms with van der Waals surface area (Å²) in [6, 6.07) is 5.14. The van der Waals surface area contributed by atoms with Crippen molar-refractivity contribution in [3.8, 4) is 0 Å². The number of nitrogen functional groups attached to an aromatic ring is 1. The molecule has 1 heterocycles. The Morgan fingerprint density at radius 3 is 2.95 bits per heavy atom. The lowest BCUT2D eigenvalue weighted by atomic mass is 10.2. The van der Waals surface area contributed by atoms with Gasteiger partial charge in [0.2, 0.25) is 10.0 Å². The first-order chi connectivity index (χ1) is 9.54. The Labute approximate surface area is 118 Å².